The molecule has 0 bridgehead atoms. The molecule has 4 heteroatoms. The van der Waals surface area contributed by atoms with Crippen molar-refractivity contribution in [1.29, 1.82) is 0 Å². The first kappa shape index (κ1) is 18.6. The van der Waals surface area contributed by atoms with Gasteiger partial charge in [0, 0.05) is 29.6 Å². The second kappa shape index (κ2) is 7.34. The number of hydrogen-bond donors (Lipinski definition) is 1. The van der Waals surface area contributed by atoms with Crippen LogP contribution in [0, 0.1) is 5.92 Å². The van der Waals surface area contributed by atoms with E-state index in [1.807, 2.05) is 25.1 Å². The van der Waals surface area contributed by atoms with E-state index < -0.39 is 5.97 Å². The van der Waals surface area contributed by atoms with Gasteiger partial charge in [-0.05, 0) is 35.6 Å². The third-order valence-electron chi connectivity index (χ3n) is 5.97. The minimum atomic E-state index is -0.723. The lowest BCUT2D eigenvalue weighted by Crippen LogP contribution is -2.17. The normalized spacial score (nSPS) is 17.1. The summed E-state index contributed by atoms with van der Waals surface area (Å²) in [7, 11) is 0. The maximum absolute atomic E-state index is 11.5. The first-order chi connectivity index (χ1) is 13.5. The van der Waals surface area contributed by atoms with E-state index in [9.17, 15) is 9.90 Å². The highest BCUT2D eigenvalue weighted by atomic mass is 16.5. The molecule has 2 atom stereocenters. The molecule has 1 N–H and O–H groups in total. The van der Waals surface area contributed by atoms with E-state index >= 15 is 0 Å². The zero-order chi connectivity index (χ0) is 19.8. The number of aromatic nitrogens is 1. The number of fused-ring (bicyclic) bond motifs is 3. The zero-order valence-corrected chi connectivity index (χ0v) is 16.7. The van der Waals surface area contributed by atoms with E-state index in [4.69, 9.17) is 4.74 Å². The van der Waals surface area contributed by atoms with Crippen LogP contribution in [0.25, 0.3) is 10.9 Å². The van der Waals surface area contributed by atoms with Crippen molar-refractivity contribution in [2.24, 2.45) is 5.92 Å². The Morgan fingerprint density at radius 3 is 2.61 bits per heavy atom. The van der Waals surface area contributed by atoms with Crippen molar-refractivity contribution in [2.75, 3.05) is 0 Å². The van der Waals surface area contributed by atoms with Gasteiger partial charge in [-0.1, -0.05) is 51.1 Å². The summed E-state index contributed by atoms with van der Waals surface area (Å²) in [5.41, 5.74) is 4.70. The summed E-state index contributed by atoms with van der Waals surface area (Å²) < 4.78 is 8.42. The third-order valence-corrected chi connectivity index (χ3v) is 5.97. The highest BCUT2D eigenvalue weighted by molar-refractivity contribution is 5.87. The second-order valence-electron chi connectivity index (χ2n) is 8.12. The summed E-state index contributed by atoms with van der Waals surface area (Å²) in [5.74, 6) is 0.206. The van der Waals surface area contributed by atoms with Gasteiger partial charge in [0.05, 0.1) is 11.4 Å². The lowest BCUT2D eigenvalue weighted by molar-refractivity contribution is -0.141. The van der Waals surface area contributed by atoms with Crippen LogP contribution in [-0.2, 0) is 17.9 Å². The number of hydrogen-bond acceptors (Lipinski definition) is 2. The maximum atomic E-state index is 11.5. The zero-order valence-electron chi connectivity index (χ0n) is 16.7. The number of carboxylic acid groups (broad SMARTS) is 1. The molecule has 0 amide bonds. The molecule has 1 aliphatic rings. The summed E-state index contributed by atoms with van der Waals surface area (Å²) in [6.07, 6.45) is 0.880. The van der Waals surface area contributed by atoms with Gasteiger partial charge in [0.25, 0.3) is 0 Å². The average molecular weight is 377 g/mol. The molecule has 146 valence electrons. The van der Waals surface area contributed by atoms with Crippen LogP contribution in [0.15, 0.2) is 48.5 Å². The molecule has 0 fully saturated rings. The highest BCUT2D eigenvalue weighted by Gasteiger charge is 2.33. The maximum Gasteiger partial charge on any atom is 0.306 e. The van der Waals surface area contributed by atoms with Crippen LogP contribution in [0.5, 0.6) is 5.75 Å². The van der Waals surface area contributed by atoms with Crippen molar-refractivity contribution in [3.63, 3.8) is 0 Å². The Kier molecular flexibility index (Phi) is 4.88. The van der Waals surface area contributed by atoms with E-state index in [-0.39, 0.29) is 11.8 Å². The number of carboxylic acids is 1. The average Bonchev–Trinajstić information content (AvgIpc) is 3.25. The lowest BCUT2D eigenvalue weighted by atomic mass is 9.89. The summed E-state index contributed by atoms with van der Waals surface area (Å²) in [6.45, 7) is 7.60. The number of nitrogens with zero attached hydrogens (tertiary/aromatic N) is 1. The number of rotatable bonds is 6. The number of ether oxygens (including phenoxy) is 1. The van der Waals surface area contributed by atoms with Gasteiger partial charge in [-0.15, -0.1) is 0 Å². The standard InChI is InChI=1S/C24H27NO3/c1-15(2)20-11-18(28-14-17-7-5-4-6-8-17)12-22-21(20)13-23-19(9-10-25(22)23)16(3)24(26)27/h4-8,11-13,15-16,19H,9-10,14H2,1-3H3,(H,26,27). The summed E-state index contributed by atoms with van der Waals surface area (Å²) in [6, 6.07) is 16.6. The molecule has 2 aromatic carbocycles. The fraction of sp³-hybridized carbons (Fsp3) is 0.375. The van der Waals surface area contributed by atoms with E-state index in [2.05, 4.69) is 48.7 Å². The molecule has 0 aliphatic carbocycles. The van der Waals surface area contributed by atoms with Crippen molar-refractivity contribution in [2.45, 2.75) is 52.2 Å². The van der Waals surface area contributed by atoms with E-state index in [1.165, 1.54) is 10.9 Å². The van der Waals surface area contributed by atoms with Gasteiger partial charge in [0.1, 0.15) is 12.4 Å². The SMILES string of the molecule is CC(C)c1cc(OCc2ccccc2)cc2c1cc1n2CCC1C(C)C(=O)O. The van der Waals surface area contributed by atoms with Gasteiger partial charge < -0.3 is 14.4 Å². The van der Waals surface area contributed by atoms with Crippen molar-refractivity contribution in [3.05, 3.63) is 65.4 Å². The van der Waals surface area contributed by atoms with Crippen LogP contribution >= 0.6 is 0 Å². The molecule has 0 saturated heterocycles. The van der Waals surface area contributed by atoms with Crippen LogP contribution in [0.4, 0.5) is 0 Å². The molecule has 28 heavy (non-hydrogen) atoms. The van der Waals surface area contributed by atoms with Crippen LogP contribution in [0.1, 0.15) is 55.8 Å². The van der Waals surface area contributed by atoms with Crippen LogP contribution < -0.4 is 4.74 Å². The summed E-state index contributed by atoms with van der Waals surface area (Å²) in [5, 5.41) is 10.7. The van der Waals surface area contributed by atoms with Crippen molar-refractivity contribution in [3.8, 4) is 5.75 Å². The molecule has 3 aromatic rings. The molecular weight excluding hydrogens is 350 g/mol. The van der Waals surface area contributed by atoms with E-state index in [1.54, 1.807) is 0 Å². The van der Waals surface area contributed by atoms with E-state index in [0.29, 0.717) is 12.5 Å². The molecule has 0 saturated carbocycles. The number of benzene rings is 2. The predicted molar refractivity (Wildman–Crippen MR) is 111 cm³/mol. The monoisotopic (exact) mass is 377 g/mol. The fourth-order valence-corrected chi connectivity index (χ4v) is 4.33. The Morgan fingerprint density at radius 2 is 1.93 bits per heavy atom. The Labute approximate surface area is 165 Å². The molecule has 2 heterocycles. The fourth-order valence-electron chi connectivity index (χ4n) is 4.33. The molecule has 4 rings (SSSR count). The lowest BCUT2D eigenvalue weighted by Gasteiger charge is -2.14. The molecular formula is C24H27NO3. The first-order valence-corrected chi connectivity index (χ1v) is 10.0. The highest BCUT2D eigenvalue weighted by Crippen LogP contribution is 2.42. The number of aliphatic carboxylic acids is 1. The minimum Gasteiger partial charge on any atom is -0.489 e. The van der Waals surface area contributed by atoms with Crippen molar-refractivity contribution >= 4 is 16.9 Å². The second-order valence-corrected chi connectivity index (χ2v) is 8.12. The van der Waals surface area contributed by atoms with Crippen LogP contribution in [0.3, 0.4) is 0 Å². The molecule has 1 aromatic heterocycles. The molecule has 4 nitrogen and oxygen atoms in total. The largest absolute Gasteiger partial charge is 0.489 e. The van der Waals surface area contributed by atoms with Crippen molar-refractivity contribution < 1.29 is 14.6 Å². The molecule has 2 unspecified atom stereocenters. The molecule has 1 aliphatic heterocycles. The summed E-state index contributed by atoms with van der Waals surface area (Å²) >= 11 is 0. The van der Waals surface area contributed by atoms with E-state index in [0.717, 1.165) is 35.5 Å². The smallest absolute Gasteiger partial charge is 0.306 e. The van der Waals surface area contributed by atoms with Crippen LogP contribution in [-0.4, -0.2) is 15.6 Å². The topological polar surface area (TPSA) is 51.5 Å². The summed E-state index contributed by atoms with van der Waals surface area (Å²) in [4.78, 5) is 11.5. The van der Waals surface area contributed by atoms with Crippen LogP contribution in [0.2, 0.25) is 0 Å². The Balaban J connectivity index is 1.73. The third kappa shape index (κ3) is 3.28. The Hall–Kier alpha value is -2.75. The van der Waals surface area contributed by atoms with Gasteiger partial charge in [0.15, 0.2) is 0 Å². The predicted octanol–water partition coefficient (Wildman–Crippen LogP) is 5.55. The Morgan fingerprint density at radius 1 is 1.18 bits per heavy atom. The number of aryl methyl sites for hydroxylation is 1. The molecule has 0 radical (unpaired) electrons. The van der Waals surface area contributed by atoms with Gasteiger partial charge in [0.2, 0.25) is 0 Å². The minimum absolute atomic E-state index is 0.0681. The number of carbonyl (C=O) groups is 1. The van der Waals surface area contributed by atoms with Gasteiger partial charge in [-0.25, -0.2) is 0 Å². The van der Waals surface area contributed by atoms with Crippen molar-refractivity contribution in [1.82, 2.24) is 4.57 Å². The van der Waals surface area contributed by atoms with Gasteiger partial charge in [-0.2, -0.15) is 0 Å². The Bertz CT molecular complexity index is 1000. The quantitative estimate of drug-likeness (QED) is 0.612. The first-order valence-electron chi connectivity index (χ1n) is 10.0. The van der Waals surface area contributed by atoms with Gasteiger partial charge in [-0.3, -0.25) is 4.79 Å². The molecule has 0 spiro atoms. The van der Waals surface area contributed by atoms with Gasteiger partial charge >= 0.3 is 5.97 Å².